The Morgan fingerprint density at radius 3 is 2.32 bits per heavy atom. The molecule has 0 saturated heterocycles. The van der Waals surface area contributed by atoms with Crippen LogP contribution in [-0.2, 0) is 14.3 Å². The molecule has 1 aromatic carbocycles. The largest absolute Gasteiger partial charge is 0.465 e. The fourth-order valence-corrected chi connectivity index (χ4v) is 1.43. The highest BCUT2D eigenvalue weighted by Gasteiger charge is 2.16. The summed E-state index contributed by atoms with van der Waals surface area (Å²) in [5, 5.41) is 2.42. The fraction of sp³-hybridized carbons (Fsp3) is 0.250. The maximum atomic E-state index is 11.5. The van der Waals surface area contributed by atoms with Crippen molar-refractivity contribution in [2.45, 2.75) is 0 Å². The second-order valence-corrected chi connectivity index (χ2v) is 3.69. The number of hydrogen-bond acceptors (Lipinski definition) is 5. The number of halogens is 1. The molecule has 6 nitrogen and oxygen atoms in total. The number of anilines is 1. The Labute approximate surface area is 114 Å². The summed E-state index contributed by atoms with van der Waals surface area (Å²) in [6.07, 6.45) is 0. The van der Waals surface area contributed by atoms with Gasteiger partial charge in [0.25, 0.3) is 0 Å². The van der Waals surface area contributed by atoms with Crippen LogP contribution in [0.4, 0.5) is 5.69 Å². The van der Waals surface area contributed by atoms with Gasteiger partial charge in [0, 0.05) is 0 Å². The molecule has 102 valence electrons. The van der Waals surface area contributed by atoms with E-state index in [2.05, 4.69) is 14.8 Å². The maximum absolute atomic E-state index is 11.5. The number of rotatable bonds is 4. The van der Waals surface area contributed by atoms with E-state index in [1.165, 1.54) is 32.4 Å². The van der Waals surface area contributed by atoms with Crippen molar-refractivity contribution >= 4 is 35.1 Å². The zero-order valence-electron chi connectivity index (χ0n) is 10.4. The number of esters is 2. The molecule has 0 aliphatic carbocycles. The van der Waals surface area contributed by atoms with E-state index in [0.717, 1.165) is 0 Å². The summed E-state index contributed by atoms with van der Waals surface area (Å²) in [6.45, 7) is 0. The molecule has 7 heteroatoms. The molecule has 0 atom stereocenters. The van der Waals surface area contributed by atoms with Crippen molar-refractivity contribution in [1.82, 2.24) is 0 Å². The molecule has 1 amide bonds. The summed E-state index contributed by atoms with van der Waals surface area (Å²) < 4.78 is 9.13. The molecule has 0 aromatic heterocycles. The van der Waals surface area contributed by atoms with Crippen molar-refractivity contribution in [3.8, 4) is 0 Å². The van der Waals surface area contributed by atoms with Gasteiger partial charge in [0.05, 0.1) is 31.0 Å². The molecule has 0 fully saturated rings. The van der Waals surface area contributed by atoms with Crippen LogP contribution in [0.3, 0.4) is 0 Å². The summed E-state index contributed by atoms with van der Waals surface area (Å²) in [7, 11) is 2.44. The number of ether oxygens (including phenoxy) is 2. The second-order valence-electron chi connectivity index (χ2n) is 3.43. The molecule has 1 rings (SSSR count). The van der Waals surface area contributed by atoms with Gasteiger partial charge in [-0.15, -0.1) is 11.6 Å². The van der Waals surface area contributed by atoms with Crippen LogP contribution in [0.2, 0.25) is 0 Å². The highest BCUT2D eigenvalue weighted by Crippen LogP contribution is 2.19. The van der Waals surface area contributed by atoms with Crippen LogP contribution in [-0.4, -0.2) is 37.9 Å². The minimum absolute atomic E-state index is 0.119. The Bertz CT molecular complexity index is 515. The third-order valence-corrected chi connectivity index (χ3v) is 2.48. The number of amides is 1. The highest BCUT2D eigenvalue weighted by atomic mass is 35.5. The molecule has 0 spiro atoms. The molecule has 0 aliphatic rings. The minimum atomic E-state index is -0.638. The Balaban J connectivity index is 3.21. The van der Waals surface area contributed by atoms with Crippen LogP contribution in [0.1, 0.15) is 20.7 Å². The number of alkyl halides is 1. The highest BCUT2D eigenvalue weighted by molar-refractivity contribution is 6.29. The molecule has 0 aliphatic heterocycles. The van der Waals surface area contributed by atoms with Gasteiger partial charge in [-0.1, -0.05) is 0 Å². The van der Waals surface area contributed by atoms with Gasteiger partial charge in [0.15, 0.2) is 0 Å². The Hall–Kier alpha value is -2.08. The number of carbonyl (C=O) groups excluding carboxylic acids is 3. The van der Waals surface area contributed by atoms with Crippen LogP contribution < -0.4 is 5.32 Å². The standard InChI is InChI=1S/C12H12ClNO5/c1-18-11(16)7-3-4-8(12(17)19-2)9(5-7)14-10(15)6-13/h3-5H,6H2,1-2H3,(H,14,15). The number of methoxy groups -OCH3 is 2. The third-order valence-electron chi connectivity index (χ3n) is 2.24. The zero-order chi connectivity index (χ0) is 14.4. The molecule has 1 N–H and O–H groups in total. The Morgan fingerprint density at radius 2 is 1.79 bits per heavy atom. The third kappa shape index (κ3) is 3.69. The number of hydrogen-bond donors (Lipinski definition) is 1. The summed E-state index contributed by atoms with van der Waals surface area (Å²) in [5.41, 5.74) is 0.453. The van der Waals surface area contributed by atoms with Crippen LogP contribution in [0.25, 0.3) is 0 Å². The predicted molar refractivity (Wildman–Crippen MR) is 68.5 cm³/mol. The van der Waals surface area contributed by atoms with Crippen LogP contribution in [0.5, 0.6) is 0 Å². The smallest absolute Gasteiger partial charge is 0.339 e. The van der Waals surface area contributed by atoms with E-state index in [9.17, 15) is 14.4 Å². The van der Waals surface area contributed by atoms with E-state index in [1.807, 2.05) is 0 Å². The molecule has 0 unspecified atom stereocenters. The Kier molecular flexibility index (Phi) is 5.32. The summed E-state index contributed by atoms with van der Waals surface area (Å²) in [5.74, 6) is -2.00. The van der Waals surface area contributed by atoms with Gasteiger partial charge in [-0.3, -0.25) is 4.79 Å². The van der Waals surface area contributed by atoms with Gasteiger partial charge in [-0.25, -0.2) is 9.59 Å². The van der Waals surface area contributed by atoms with E-state index in [1.54, 1.807) is 0 Å². The van der Waals surface area contributed by atoms with Crippen molar-refractivity contribution in [2.24, 2.45) is 0 Å². The molecular weight excluding hydrogens is 274 g/mol. The van der Waals surface area contributed by atoms with Crippen molar-refractivity contribution in [3.63, 3.8) is 0 Å². The summed E-state index contributed by atoms with van der Waals surface area (Å²) >= 11 is 5.38. The number of nitrogens with one attached hydrogen (secondary N) is 1. The van der Waals surface area contributed by atoms with Crippen molar-refractivity contribution in [1.29, 1.82) is 0 Å². The van der Waals surface area contributed by atoms with Crippen molar-refractivity contribution in [3.05, 3.63) is 29.3 Å². The van der Waals surface area contributed by atoms with Gasteiger partial charge < -0.3 is 14.8 Å². The number of carbonyl (C=O) groups is 3. The lowest BCUT2D eigenvalue weighted by Crippen LogP contribution is -2.17. The molecular formula is C12H12ClNO5. The molecule has 0 radical (unpaired) electrons. The average Bonchev–Trinajstić information content (AvgIpc) is 2.45. The molecule has 19 heavy (non-hydrogen) atoms. The molecule has 0 heterocycles. The molecule has 1 aromatic rings. The quantitative estimate of drug-likeness (QED) is 0.668. The van der Waals surface area contributed by atoms with Crippen LogP contribution in [0.15, 0.2) is 18.2 Å². The average molecular weight is 286 g/mol. The van der Waals surface area contributed by atoms with Crippen LogP contribution >= 0.6 is 11.6 Å². The van der Waals surface area contributed by atoms with Crippen molar-refractivity contribution in [2.75, 3.05) is 25.4 Å². The van der Waals surface area contributed by atoms with Gasteiger partial charge in [-0.05, 0) is 18.2 Å². The number of benzene rings is 1. The topological polar surface area (TPSA) is 81.7 Å². The first-order valence-electron chi connectivity index (χ1n) is 5.20. The second kappa shape index (κ2) is 6.75. The first-order chi connectivity index (χ1) is 9.03. The monoisotopic (exact) mass is 285 g/mol. The van der Waals surface area contributed by atoms with Gasteiger partial charge in [-0.2, -0.15) is 0 Å². The zero-order valence-corrected chi connectivity index (χ0v) is 11.1. The summed E-state index contributed by atoms with van der Waals surface area (Å²) in [4.78, 5) is 34.2. The van der Waals surface area contributed by atoms with E-state index < -0.39 is 17.8 Å². The minimum Gasteiger partial charge on any atom is -0.465 e. The van der Waals surface area contributed by atoms with Gasteiger partial charge in [0.1, 0.15) is 5.88 Å². The molecule has 0 bridgehead atoms. The van der Waals surface area contributed by atoms with E-state index in [-0.39, 0.29) is 22.7 Å². The van der Waals surface area contributed by atoms with E-state index in [4.69, 9.17) is 11.6 Å². The predicted octanol–water partition coefficient (Wildman–Crippen LogP) is 1.44. The van der Waals surface area contributed by atoms with Crippen LogP contribution in [0, 0.1) is 0 Å². The maximum Gasteiger partial charge on any atom is 0.339 e. The van der Waals surface area contributed by atoms with Gasteiger partial charge in [0.2, 0.25) is 5.91 Å². The molecule has 0 saturated carbocycles. The normalized spacial score (nSPS) is 9.63. The first-order valence-corrected chi connectivity index (χ1v) is 5.73. The lowest BCUT2D eigenvalue weighted by molar-refractivity contribution is -0.113. The van der Waals surface area contributed by atoms with Gasteiger partial charge >= 0.3 is 11.9 Å². The lowest BCUT2D eigenvalue weighted by Gasteiger charge is -2.10. The first kappa shape index (κ1) is 15.0. The Morgan fingerprint density at radius 1 is 1.16 bits per heavy atom. The van der Waals surface area contributed by atoms with Crippen molar-refractivity contribution < 1.29 is 23.9 Å². The lowest BCUT2D eigenvalue weighted by atomic mass is 10.1. The fourth-order valence-electron chi connectivity index (χ4n) is 1.36. The van der Waals surface area contributed by atoms with E-state index in [0.29, 0.717) is 0 Å². The van der Waals surface area contributed by atoms with E-state index >= 15 is 0 Å². The SMILES string of the molecule is COC(=O)c1ccc(C(=O)OC)c(NC(=O)CCl)c1. The summed E-state index contributed by atoms with van der Waals surface area (Å²) in [6, 6.07) is 4.08.